The maximum atomic E-state index is 11.3. The lowest BCUT2D eigenvalue weighted by molar-refractivity contribution is 0.101. The molecule has 2 aromatic rings. The summed E-state index contributed by atoms with van der Waals surface area (Å²) in [5.41, 5.74) is 1.67. The summed E-state index contributed by atoms with van der Waals surface area (Å²) < 4.78 is 12.0. The van der Waals surface area contributed by atoms with Gasteiger partial charge in [-0.25, -0.2) is 0 Å². The summed E-state index contributed by atoms with van der Waals surface area (Å²) in [6.45, 7) is 1.97. The van der Waals surface area contributed by atoms with E-state index in [1.165, 1.54) is 6.92 Å². The van der Waals surface area contributed by atoms with Gasteiger partial charge in [-0.2, -0.15) is 0 Å². The normalized spacial score (nSPS) is 10.2. The second-order valence-electron chi connectivity index (χ2n) is 4.34. The van der Waals surface area contributed by atoms with Crippen LogP contribution in [0.3, 0.4) is 0 Å². The van der Waals surface area contributed by atoms with Gasteiger partial charge in [0.15, 0.2) is 17.3 Å². The smallest absolute Gasteiger partial charge is 0.161 e. The number of rotatable bonds is 5. The van der Waals surface area contributed by atoms with Crippen LogP contribution in [-0.4, -0.2) is 12.9 Å². The predicted molar refractivity (Wildman–Crippen MR) is 81.5 cm³/mol. The fourth-order valence-corrected chi connectivity index (χ4v) is 2.01. The Morgan fingerprint density at radius 1 is 1.10 bits per heavy atom. The number of ketones is 1. The zero-order valence-electron chi connectivity index (χ0n) is 11.4. The van der Waals surface area contributed by atoms with E-state index in [1.807, 2.05) is 24.3 Å². The molecule has 0 bridgehead atoms. The Morgan fingerprint density at radius 3 is 2.40 bits per heavy atom. The van der Waals surface area contributed by atoms with Gasteiger partial charge < -0.3 is 9.47 Å². The van der Waals surface area contributed by atoms with Crippen molar-refractivity contribution in [2.24, 2.45) is 0 Å². The second-order valence-corrected chi connectivity index (χ2v) is 5.25. The van der Waals surface area contributed by atoms with Gasteiger partial charge in [0, 0.05) is 10.0 Å². The molecule has 0 aliphatic heterocycles. The lowest BCUT2D eigenvalue weighted by Gasteiger charge is -2.11. The molecule has 0 aromatic heterocycles. The molecule has 0 N–H and O–H groups in total. The third-order valence-corrected chi connectivity index (χ3v) is 3.41. The Kier molecular flexibility index (Phi) is 4.79. The van der Waals surface area contributed by atoms with Crippen LogP contribution in [0, 0.1) is 0 Å². The van der Waals surface area contributed by atoms with Gasteiger partial charge in [0.1, 0.15) is 6.61 Å². The van der Waals surface area contributed by atoms with Crippen LogP contribution >= 0.6 is 15.9 Å². The van der Waals surface area contributed by atoms with Gasteiger partial charge in [0.05, 0.1) is 7.11 Å². The number of methoxy groups -OCH3 is 1. The molecular weight excluding hydrogens is 320 g/mol. The molecule has 0 aliphatic rings. The fourth-order valence-electron chi connectivity index (χ4n) is 1.75. The highest BCUT2D eigenvalue weighted by Gasteiger charge is 2.08. The number of benzene rings is 2. The molecule has 0 radical (unpaired) electrons. The molecule has 4 heteroatoms. The molecule has 0 saturated carbocycles. The van der Waals surface area contributed by atoms with Crippen LogP contribution in [-0.2, 0) is 6.61 Å². The number of carbonyl (C=O) groups excluding carboxylic acids is 1. The van der Waals surface area contributed by atoms with E-state index in [1.54, 1.807) is 25.3 Å². The molecule has 0 heterocycles. The van der Waals surface area contributed by atoms with Gasteiger partial charge in [-0.05, 0) is 42.8 Å². The molecule has 20 heavy (non-hydrogen) atoms. The van der Waals surface area contributed by atoms with Gasteiger partial charge in [-0.1, -0.05) is 28.1 Å². The van der Waals surface area contributed by atoms with Gasteiger partial charge in [-0.15, -0.1) is 0 Å². The molecule has 0 spiro atoms. The number of halogens is 1. The van der Waals surface area contributed by atoms with Crippen LogP contribution in [0.5, 0.6) is 11.5 Å². The van der Waals surface area contributed by atoms with Crippen molar-refractivity contribution < 1.29 is 14.3 Å². The van der Waals surface area contributed by atoms with Crippen LogP contribution < -0.4 is 9.47 Å². The summed E-state index contributed by atoms with van der Waals surface area (Å²) in [6.07, 6.45) is 0. The van der Waals surface area contributed by atoms with Crippen molar-refractivity contribution in [3.05, 3.63) is 58.1 Å². The minimum Gasteiger partial charge on any atom is -0.493 e. The van der Waals surface area contributed by atoms with Crippen molar-refractivity contribution in [2.75, 3.05) is 7.11 Å². The third-order valence-electron chi connectivity index (χ3n) is 2.88. The first-order valence-electron chi connectivity index (χ1n) is 6.16. The predicted octanol–water partition coefficient (Wildman–Crippen LogP) is 4.24. The Labute approximate surface area is 126 Å². The zero-order chi connectivity index (χ0) is 14.5. The number of carbonyl (C=O) groups is 1. The van der Waals surface area contributed by atoms with Gasteiger partial charge in [-0.3, -0.25) is 4.79 Å². The molecule has 0 atom stereocenters. The fraction of sp³-hybridized carbons (Fsp3) is 0.188. The van der Waals surface area contributed by atoms with Crippen LogP contribution in [0.15, 0.2) is 46.9 Å². The summed E-state index contributed by atoms with van der Waals surface area (Å²) in [5.74, 6) is 1.19. The summed E-state index contributed by atoms with van der Waals surface area (Å²) in [6, 6.07) is 13.1. The van der Waals surface area contributed by atoms with Crippen LogP contribution in [0.4, 0.5) is 0 Å². The Morgan fingerprint density at radius 2 is 1.80 bits per heavy atom. The van der Waals surface area contributed by atoms with Gasteiger partial charge >= 0.3 is 0 Å². The van der Waals surface area contributed by atoms with Crippen LogP contribution in [0.2, 0.25) is 0 Å². The minimum atomic E-state index is 0.00256. The molecular formula is C16H15BrO3. The number of ether oxygens (including phenoxy) is 2. The average molecular weight is 335 g/mol. The summed E-state index contributed by atoms with van der Waals surface area (Å²) in [5, 5.41) is 0. The van der Waals surface area contributed by atoms with E-state index in [-0.39, 0.29) is 5.78 Å². The molecule has 2 rings (SSSR count). The molecule has 0 aliphatic carbocycles. The van der Waals surface area contributed by atoms with E-state index in [4.69, 9.17) is 9.47 Å². The number of hydrogen-bond acceptors (Lipinski definition) is 3. The SMILES string of the molecule is COc1cc(C(C)=O)ccc1OCc1ccc(Br)cc1. The Balaban J connectivity index is 2.12. The monoisotopic (exact) mass is 334 g/mol. The van der Waals surface area contributed by atoms with E-state index in [0.29, 0.717) is 23.7 Å². The van der Waals surface area contributed by atoms with Crippen molar-refractivity contribution in [1.29, 1.82) is 0 Å². The van der Waals surface area contributed by atoms with E-state index in [9.17, 15) is 4.79 Å². The molecule has 0 saturated heterocycles. The third kappa shape index (κ3) is 3.61. The van der Waals surface area contributed by atoms with Crippen molar-refractivity contribution in [3.8, 4) is 11.5 Å². The minimum absolute atomic E-state index is 0.00256. The lowest BCUT2D eigenvalue weighted by Crippen LogP contribution is -1.99. The van der Waals surface area contributed by atoms with E-state index < -0.39 is 0 Å². The highest BCUT2D eigenvalue weighted by Crippen LogP contribution is 2.29. The molecule has 0 unspecified atom stereocenters. The second kappa shape index (κ2) is 6.57. The van der Waals surface area contributed by atoms with Crippen LogP contribution in [0.1, 0.15) is 22.8 Å². The van der Waals surface area contributed by atoms with Gasteiger partial charge in [0.2, 0.25) is 0 Å². The Bertz CT molecular complexity index is 606. The van der Waals surface area contributed by atoms with E-state index in [2.05, 4.69) is 15.9 Å². The van der Waals surface area contributed by atoms with E-state index >= 15 is 0 Å². The first-order valence-corrected chi connectivity index (χ1v) is 6.95. The molecule has 0 fully saturated rings. The lowest BCUT2D eigenvalue weighted by atomic mass is 10.1. The summed E-state index contributed by atoms with van der Waals surface area (Å²) >= 11 is 3.39. The first-order chi connectivity index (χ1) is 9.60. The average Bonchev–Trinajstić information content (AvgIpc) is 2.46. The van der Waals surface area contributed by atoms with Crippen molar-refractivity contribution in [1.82, 2.24) is 0 Å². The molecule has 2 aromatic carbocycles. The highest BCUT2D eigenvalue weighted by atomic mass is 79.9. The van der Waals surface area contributed by atoms with Crippen molar-refractivity contribution in [2.45, 2.75) is 13.5 Å². The molecule has 3 nitrogen and oxygen atoms in total. The topological polar surface area (TPSA) is 35.5 Å². The highest BCUT2D eigenvalue weighted by molar-refractivity contribution is 9.10. The Hall–Kier alpha value is -1.81. The zero-order valence-corrected chi connectivity index (χ0v) is 12.9. The standard InChI is InChI=1S/C16H15BrO3/c1-11(18)13-5-8-15(16(9-13)19-2)20-10-12-3-6-14(17)7-4-12/h3-9H,10H2,1-2H3. The maximum absolute atomic E-state index is 11.3. The summed E-state index contributed by atoms with van der Waals surface area (Å²) in [4.78, 5) is 11.3. The quantitative estimate of drug-likeness (QED) is 0.767. The maximum Gasteiger partial charge on any atom is 0.161 e. The first kappa shape index (κ1) is 14.6. The van der Waals surface area contributed by atoms with Gasteiger partial charge in [0.25, 0.3) is 0 Å². The number of hydrogen-bond donors (Lipinski definition) is 0. The molecule has 104 valence electrons. The van der Waals surface area contributed by atoms with Crippen LogP contribution in [0.25, 0.3) is 0 Å². The van der Waals surface area contributed by atoms with E-state index in [0.717, 1.165) is 10.0 Å². The largest absolute Gasteiger partial charge is 0.493 e. The summed E-state index contributed by atoms with van der Waals surface area (Å²) in [7, 11) is 1.56. The number of Topliss-reactive ketones (excluding diaryl/α,β-unsaturated/α-hetero) is 1. The molecule has 0 amide bonds. The van der Waals surface area contributed by atoms with Crippen molar-refractivity contribution in [3.63, 3.8) is 0 Å². The van der Waals surface area contributed by atoms with Crippen molar-refractivity contribution >= 4 is 21.7 Å².